The van der Waals surface area contributed by atoms with E-state index in [1.165, 1.54) is 5.56 Å². The second kappa shape index (κ2) is 9.47. The van der Waals surface area contributed by atoms with Crippen molar-refractivity contribution in [3.8, 4) is 5.75 Å². The molecule has 6 nitrogen and oxygen atoms in total. The van der Waals surface area contributed by atoms with Crippen LogP contribution in [-0.4, -0.2) is 54.5 Å². The van der Waals surface area contributed by atoms with Crippen LogP contribution in [0, 0.1) is 0 Å². The maximum absolute atomic E-state index is 15.0. The lowest BCUT2D eigenvalue weighted by molar-refractivity contribution is 0.198. The summed E-state index contributed by atoms with van der Waals surface area (Å²) in [6.07, 6.45) is 3.46. The monoisotopic (exact) mass is 496 g/mol. The van der Waals surface area contributed by atoms with Crippen LogP contribution >= 0.6 is 13.5 Å². The highest BCUT2D eigenvalue weighted by Gasteiger charge is 2.48. The molecule has 0 bridgehead atoms. The van der Waals surface area contributed by atoms with Gasteiger partial charge in [-0.2, -0.15) is 13.5 Å². The van der Waals surface area contributed by atoms with Crippen molar-refractivity contribution in [2.45, 2.75) is 49.8 Å². The molecule has 1 N–H and O–H groups in total. The standard InChI is InChI=1S/C27H31FN4O2.H2S/c1-34-24-5-3-2-4-21(24)18-8-13-31(14-9-18)25-22-16-19(32-15-10-20(33)17-32)6-7-23(22)29-26(30-25)27(28)11-12-27;/h2-7,16,18,20,33H,8-15,17H2,1H3;1H2/t20-;/m0./s1. The van der Waals surface area contributed by atoms with Crippen LogP contribution in [0.15, 0.2) is 42.5 Å². The first-order valence-corrected chi connectivity index (χ1v) is 12.4. The Labute approximate surface area is 212 Å². The van der Waals surface area contributed by atoms with Crippen LogP contribution < -0.4 is 14.5 Å². The fourth-order valence-corrected chi connectivity index (χ4v) is 5.45. The first-order valence-electron chi connectivity index (χ1n) is 12.4. The largest absolute Gasteiger partial charge is 0.496 e. The van der Waals surface area contributed by atoms with Gasteiger partial charge in [-0.15, -0.1) is 0 Å². The lowest BCUT2D eigenvalue weighted by atomic mass is 9.88. The van der Waals surface area contributed by atoms with Crippen LogP contribution in [0.3, 0.4) is 0 Å². The molecular formula is C27H33FN4O2S. The zero-order chi connectivity index (χ0) is 23.3. The molecule has 3 fully saturated rings. The summed E-state index contributed by atoms with van der Waals surface area (Å²) in [6, 6.07) is 14.4. The van der Waals surface area contributed by atoms with Gasteiger partial charge in [0.05, 0.1) is 18.7 Å². The zero-order valence-electron chi connectivity index (χ0n) is 20.1. The summed E-state index contributed by atoms with van der Waals surface area (Å²) in [6.45, 7) is 3.16. The summed E-state index contributed by atoms with van der Waals surface area (Å²) < 4.78 is 20.6. The molecule has 1 aromatic heterocycles. The Morgan fingerprint density at radius 3 is 2.43 bits per heavy atom. The Morgan fingerprint density at radius 1 is 1.00 bits per heavy atom. The van der Waals surface area contributed by atoms with Crippen LogP contribution in [-0.2, 0) is 5.67 Å². The van der Waals surface area contributed by atoms with E-state index in [9.17, 15) is 5.11 Å². The van der Waals surface area contributed by atoms with E-state index in [1.807, 2.05) is 24.3 Å². The molecule has 0 spiro atoms. The minimum Gasteiger partial charge on any atom is -0.496 e. The number of benzene rings is 2. The topological polar surface area (TPSA) is 61.7 Å². The number of hydrogen-bond donors (Lipinski definition) is 1. The number of anilines is 2. The van der Waals surface area contributed by atoms with Crippen LogP contribution in [0.1, 0.15) is 49.4 Å². The molecule has 1 atom stereocenters. The summed E-state index contributed by atoms with van der Waals surface area (Å²) in [5.74, 6) is 2.54. The maximum atomic E-state index is 15.0. The van der Waals surface area contributed by atoms with Gasteiger partial charge in [-0.25, -0.2) is 14.4 Å². The lowest BCUT2D eigenvalue weighted by Crippen LogP contribution is -2.34. The average molecular weight is 497 g/mol. The van der Waals surface area contributed by atoms with Crippen molar-refractivity contribution in [3.63, 3.8) is 0 Å². The van der Waals surface area contributed by atoms with Crippen molar-refractivity contribution < 1.29 is 14.2 Å². The van der Waals surface area contributed by atoms with E-state index in [-0.39, 0.29) is 19.6 Å². The fraction of sp³-hybridized carbons (Fsp3) is 0.481. The number of ether oxygens (including phenoxy) is 1. The number of aromatic nitrogens is 2. The van der Waals surface area contributed by atoms with Gasteiger partial charge in [0, 0.05) is 37.3 Å². The van der Waals surface area contributed by atoms with Crippen molar-refractivity contribution in [1.82, 2.24) is 9.97 Å². The average Bonchev–Trinajstić information content (AvgIpc) is 3.49. The second-order valence-electron chi connectivity index (χ2n) is 9.93. The molecule has 1 aliphatic carbocycles. The number of para-hydroxylation sites is 1. The highest BCUT2D eigenvalue weighted by molar-refractivity contribution is 7.59. The molecule has 2 aromatic carbocycles. The molecule has 8 heteroatoms. The van der Waals surface area contributed by atoms with Crippen molar-refractivity contribution >= 4 is 35.9 Å². The van der Waals surface area contributed by atoms with Gasteiger partial charge in [-0.1, -0.05) is 18.2 Å². The number of β-amino-alcohol motifs (C(OH)–C–C–N with tert-alkyl or cyclic N) is 1. The number of rotatable bonds is 5. The van der Waals surface area contributed by atoms with Gasteiger partial charge in [0.15, 0.2) is 11.5 Å². The van der Waals surface area contributed by atoms with Crippen LogP contribution in [0.5, 0.6) is 5.75 Å². The number of methoxy groups -OCH3 is 1. The number of alkyl halides is 1. The van der Waals surface area contributed by atoms with E-state index >= 15 is 4.39 Å². The summed E-state index contributed by atoms with van der Waals surface area (Å²) in [4.78, 5) is 14.0. The number of piperidine rings is 1. The van der Waals surface area contributed by atoms with Gasteiger partial charge >= 0.3 is 0 Å². The summed E-state index contributed by atoms with van der Waals surface area (Å²) in [7, 11) is 1.73. The van der Waals surface area contributed by atoms with E-state index in [4.69, 9.17) is 9.72 Å². The molecule has 6 rings (SSSR count). The predicted molar refractivity (Wildman–Crippen MR) is 142 cm³/mol. The number of nitrogens with zero attached hydrogens (tertiary/aromatic N) is 4. The quantitative estimate of drug-likeness (QED) is 0.554. The van der Waals surface area contributed by atoms with Crippen molar-refractivity contribution in [2.75, 3.05) is 43.1 Å². The zero-order valence-corrected chi connectivity index (χ0v) is 21.1. The minimum atomic E-state index is -1.38. The third-order valence-corrected chi connectivity index (χ3v) is 7.65. The van der Waals surface area contributed by atoms with Gasteiger partial charge in [0.25, 0.3) is 0 Å². The lowest BCUT2D eigenvalue weighted by Gasteiger charge is -2.34. The summed E-state index contributed by atoms with van der Waals surface area (Å²) >= 11 is 0. The number of aliphatic hydroxyl groups is 1. The molecule has 3 aromatic rings. The smallest absolute Gasteiger partial charge is 0.170 e. The first kappa shape index (κ1) is 24.1. The summed E-state index contributed by atoms with van der Waals surface area (Å²) in [5, 5.41) is 11.0. The van der Waals surface area contributed by atoms with Gasteiger partial charge in [-0.3, -0.25) is 0 Å². The van der Waals surface area contributed by atoms with Crippen molar-refractivity contribution in [3.05, 3.63) is 53.9 Å². The maximum Gasteiger partial charge on any atom is 0.170 e. The third-order valence-electron chi connectivity index (χ3n) is 7.65. The molecule has 186 valence electrons. The third kappa shape index (κ3) is 4.54. The van der Waals surface area contributed by atoms with E-state index in [2.05, 4.69) is 33.0 Å². The highest BCUT2D eigenvalue weighted by Crippen LogP contribution is 2.49. The molecule has 0 unspecified atom stereocenters. The van der Waals surface area contributed by atoms with Gasteiger partial charge < -0.3 is 19.6 Å². The SMILES string of the molecule is COc1ccccc1C1CCN(c2nc(C3(F)CC3)nc3ccc(N4CC[C@H](O)C4)cc23)CC1.S. The number of fused-ring (bicyclic) bond motifs is 1. The molecule has 3 aliphatic rings. The van der Waals surface area contributed by atoms with Crippen LogP contribution in [0.4, 0.5) is 15.9 Å². The first-order chi connectivity index (χ1) is 16.5. The Balaban J connectivity index is 0.00000253. The van der Waals surface area contributed by atoms with E-state index < -0.39 is 5.67 Å². The Bertz CT molecular complexity index is 1210. The van der Waals surface area contributed by atoms with Crippen LogP contribution in [0.2, 0.25) is 0 Å². The van der Waals surface area contributed by atoms with Gasteiger partial charge in [0.1, 0.15) is 11.6 Å². The molecule has 35 heavy (non-hydrogen) atoms. The number of hydrogen-bond acceptors (Lipinski definition) is 6. The van der Waals surface area contributed by atoms with Crippen molar-refractivity contribution in [1.29, 1.82) is 0 Å². The van der Waals surface area contributed by atoms with Gasteiger partial charge in [0.2, 0.25) is 0 Å². The second-order valence-corrected chi connectivity index (χ2v) is 9.93. The van der Waals surface area contributed by atoms with Crippen molar-refractivity contribution in [2.24, 2.45) is 0 Å². The molecule has 0 radical (unpaired) electrons. The number of aliphatic hydroxyl groups excluding tert-OH is 1. The molecule has 2 aliphatic heterocycles. The Hall–Kier alpha value is -2.58. The number of halogens is 1. The highest BCUT2D eigenvalue weighted by atomic mass is 32.1. The minimum absolute atomic E-state index is 0. The molecule has 0 amide bonds. The van der Waals surface area contributed by atoms with Crippen LogP contribution in [0.25, 0.3) is 10.9 Å². The normalized spacial score (nSPS) is 21.7. The molecule has 2 saturated heterocycles. The Kier molecular flexibility index (Phi) is 6.53. The van der Waals surface area contributed by atoms with Gasteiger partial charge in [-0.05, 0) is 67.9 Å². The molecular weight excluding hydrogens is 463 g/mol. The fourth-order valence-electron chi connectivity index (χ4n) is 5.45. The molecule has 1 saturated carbocycles. The van der Waals surface area contributed by atoms with E-state index in [1.54, 1.807) is 7.11 Å². The Morgan fingerprint density at radius 2 is 1.74 bits per heavy atom. The van der Waals surface area contributed by atoms with E-state index in [0.717, 1.165) is 67.1 Å². The van der Waals surface area contributed by atoms with E-state index in [0.29, 0.717) is 31.1 Å². The predicted octanol–water partition coefficient (Wildman–Crippen LogP) is 4.66. The summed E-state index contributed by atoms with van der Waals surface area (Å²) in [5.41, 5.74) is 1.73. The molecule has 3 heterocycles.